The second-order valence-corrected chi connectivity index (χ2v) is 7.00. The van der Waals surface area contributed by atoms with Gasteiger partial charge in [-0.25, -0.2) is 0 Å². The largest absolute Gasteiger partial charge is 0.497 e. The van der Waals surface area contributed by atoms with Gasteiger partial charge in [-0.3, -0.25) is 14.5 Å². The predicted molar refractivity (Wildman–Crippen MR) is 118 cm³/mol. The van der Waals surface area contributed by atoms with E-state index in [9.17, 15) is 9.59 Å². The molecule has 1 aliphatic rings. The molecule has 2 aromatic carbocycles. The third-order valence-corrected chi connectivity index (χ3v) is 4.97. The van der Waals surface area contributed by atoms with Crippen LogP contribution in [0.2, 0.25) is 0 Å². The van der Waals surface area contributed by atoms with Gasteiger partial charge < -0.3 is 24.8 Å². The van der Waals surface area contributed by atoms with Crippen molar-refractivity contribution >= 4 is 17.5 Å². The van der Waals surface area contributed by atoms with E-state index >= 15 is 0 Å². The average molecular weight is 428 g/mol. The zero-order chi connectivity index (χ0) is 22.1. The van der Waals surface area contributed by atoms with Crippen LogP contribution in [0.1, 0.15) is 27.6 Å². The Kier molecular flexibility index (Phi) is 8.26. The summed E-state index contributed by atoms with van der Waals surface area (Å²) in [6.07, 6.45) is 0. The number of anilines is 1. The molecule has 8 nitrogen and oxygen atoms in total. The van der Waals surface area contributed by atoms with Gasteiger partial charge in [-0.1, -0.05) is 6.07 Å². The summed E-state index contributed by atoms with van der Waals surface area (Å²) in [6, 6.07) is 11.9. The third kappa shape index (κ3) is 6.19. The van der Waals surface area contributed by atoms with E-state index in [0.29, 0.717) is 54.7 Å². The summed E-state index contributed by atoms with van der Waals surface area (Å²) in [6.45, 7) is 6.62. The topological polar surface area (TPSA) is 89.1 Å². The molecule has 31 heavy (non-hydrogen) atoms. The van der Waals surface area contributed by atoms with Crippen LogP contribution in [0.15, 0.2) is 42.5 Å². The molecule has 0 unspecified atom stereocenters. The smallest absolute Gasteiger partial charge is 0.257 e. The van der Waals surface area contributed by atoms with E-state index in [1.807, 2.05) is 6.92 Å². The Bertz CT molecular complexity index is 879. The maximum Gasteiger partial charge on any atom is 0.257 e. The van der Waals surface area contributed by atoms with Gasteiger partial charge in [0.05, 0.1) is 32.6 Å². The zero-order valence-electron chi connectivity index (χ0n) is 18.0. The lowest BCUT2D eigenvalue weighted by atomic mass is 10.1. The van der Waals surface area contributed by atoms with Crippen molar-refractivity contribution in [2.75, 3.05) is 58.4 Å². The van der Waals surface area contributed by atoms with Crippen molar-refractivity contribution in [2.45, 2.75) is 6.92 Å². The van der Waals surface area contributed by atoms with Crippen molar-refractivity contribution in [1.82, 2.24) is 10.2 Å². The second-order valence-electron chi connectivity index (χ2n) is 7.00. The summed E-state index contributed by atoms with van der Waals surface area (Å²) in [5, 5.41) is 5.78. The Balaban J connectivity index is 1.72. The highest BCUT2D eigenvalue weighted by molar-refractivity contribution is 6.10. The number of amides is 2. The molecule has 1 fully saturated rings. The number of methoxy groups -OCH3 is 1. The first-order valence-corrected chi connectivity index (χ1v) is 10.4. The van der Waals surface area contributed by atoms with Crippen molar-refractivity contribution in [1.29, 1.82) is 0 Å². The number of benzene rings is 2. The molecule has 8 heteroatoms. The van der Waals surface area contributed by atoms with Crippen molar-refractivity contribution in [3.8, 4) is 11.5 Å². The number of hydrogen-bond donors (Lipinski definition) is 2. The fourth-order valence-electron chi connectivity index (χ4n) is 3.32. The van der Waals surface area contributed by atoms with Crippen LogP contribution in [0.5, 0.6) is 11.5 Å². The number of hydrogen-bond acceptors (Lipinski definition) is 6. The van der Waals surface area contributed by atoms with Crippen LogP contribution in [0.25, 0.3) is 0 Å². The van der Waals surface area contributed by atoms with E-state index in [-0.39, 0.29) is 11.8 Å². The van der Waals surface area contributed by atoms with Crippen molar-refractivity contribution < 1.29 is 23.8 Å². The molecule has 2 aromatic rings. The lowest BCUT2D eigenvalue weighted by Gasteiger charge is -2.26. The molecule has 166 valence electrons. The Morgan fingerprint density at radius 3 is 2.48 bits per heavy atom. The molecule has 3 rings (SSSR count). The maximum atomic E-state index is 13.0. The molecule has 1 saturated heterocycles. The van der Waals surface area contributed by atoms with E-state index in [1.54, 1.807) is 49.6 Å². The highest BCUT2D eigenvalue weighted by atomic mass is 16.5. The number of carbonyl (C=O) groups is 2. The summed E-state index contributed by atoms with van der Waals surface area (Å²) < 4.78 is 16.1. The van der Waals surface area contributed by atoms with Crippen LogP contribution in [-0.4, -0.2) is 69.8 Å². The minimum Gasteiger partial charge on any atom is -0.497 e. The molecular weight excluding hydrogens is 398 g/mol. The molecular formula is C23H29N3O5. The Hall–Kier alpha value is -3.10. The monoisotopic (exact) mass is 427 g/mol. The highest BCUT2D eigenvalue weighted by Gasteiger charge is 2.20. The first-order valence-electron chi connectivity index (χ1n) is 10.4. The first kappa shape index (κ1) is 22.6. The lowest BCUT2D eigenvalue weighted by Crippen LogP contribution is -2.41. The summed E-state index contributed by atoms with van der Waals surface area (Å²) in [5.41, 5.74) is 1.17. The number of morpholine rings is 1. The molecule has 1 aliphatic heterocycles. The molecule has 2 amide bonds. The van der Waals surface area contributed by atoms with Crippen molar-refractivity contribution in [2.24, 2.45) is 0 Å². The Morgan fingerprint density at radius 2 is 1.81 bits per heavy atom. The number of carbonyl (C=O) groups excluding carboxylic acids is 2. The Morgan fingerprint density at radius 1 is 1.06 bits per heavy atom. The molecule has 0 bridgehead atoms. The van der Waals surface area contributed by atoms with Crippen molar-refractivity contribution in [3.63, 3.8) is 0 Å². The molecule has 0 saturated carbocycles. The van der Waals surface area contributed by atoms with E-state index < -0.39 is 0 Å². The van der Waals surface area contributed by atoms with E-state index in [2.05, 4.69) is 15.5 Å². The highest BCUT2D eigenvalue weighted by Crippen LogP contribution is 2.27. The molecule has 0 radical (unpaired) electrons. The zero-order valence-corrected chi connectivity index (χ0v) is 18.0. The quantitative estimate of drug-likeness (QED) is 0.639. The third-order valence-electron chi connectivity index (χ3n) is 4.97. The molecule has 2 N–H and O–H groups in total. The van der Waals surface area contributed by atoms with Crippen LogP contribution in [0.3, 0.4) is 0 Å². The van der Waals surface area contributed by atoms with Crippen LogP contribution >= 0.6 is 0 Å². The van der Waals surface area contributed by atoms with Crippen LogP contribution in [0, 0.1) is 0 Å². The maximum absolute atomic E-state index is 13.0. The van der Waals surface area contributed by atoms with Gasteiger partial charge in [-0.05, 0) is 43.3 Å². The van der Waals surface area contributed by atoms with Gasteiger partial charge in [-0.2, -0.15) is 0 Å². The van der Waals surface area contributed by atoms with Gasteiger partial charge >= 0.3 is 0 Å². The summed E-state index contributed by atoms with van der Waals surface area (Å²) in [5.74, 6) is 0.482. The minimum atomic E-state index is -0.321. The number of ether oxygens (including phenoxy) is 3. The molecule has 0 aliphatic carbocycles. The molecule has 0 aromatic heterocycles. The minimum absolute atomic E-state index is 0.289. The standard InChI is InChI=1S/C23H29N3O5/c1-3-31-20-6-4-5-19(25-22(27)17-7-9-18(29-2)10-8-17)21(20)23(28)24-11-12-26-13-15-30-16-14-26/h4-10H,3,11-16H2,1-2H3,(H,24,28)(H,25,27). The number of rotatable bonds is 9. The van der Waals surface area contributed by atoms with E-state index in [0.717, 1.165) is 19.6 Å². The van der Waals surface area contributed by atoms with E-state index in [4.69, 9.17) is 14.2 Å². The van der Waals surface area contributed by atoms with Crippen molar-refractivity contribution in [3.05, 3.63) is 53.6 Å². The predicted octanol–water partition coefficient (Wildman–Crippen LogP) is 2.41. The number of nitrogens with one attached hydrogen (secondary N) is 2. The van der Waals surface area contributed by atoms with Gasteiger partial charge in [0, 0.05) is 31.7 Å². The van der Waals surface area contributed by atoms with Gasteiger partial charge in [0.25, 0.3) is 11.8 Å². The van der Waals surface area contributed by atoms with Crippen LogP contribution in [-0.2, 0) is 4.74 Å². The lowest BCUT2D eigenvalue weighted by molar-refractivity contribution is 0.0383. The van der Waals surface area contributed by atoms with Crippen LogP contribution in [0.4, 0.5) is 5.69 Å². The van der Waals surface area contributed by atoms with E-state index in [1.165, 1.54) is 0 Å². The summed E-state index contributed by atoms with van der Waals surface area (Å²) in [7, 11) is 1.57. The fourth-order valence-corrected chi connectivity index (χ4v) is 3.32. The Labute approximate surface area is 182 Å². The number of nitrogens with zero attached hydrogens (tertiary/aromatic N) is 1. The SMILES string of the molecule is CCOc1cccc(NC(=O)c2ccc(OC)cc2)c1C(=O)NCCN1CCOCC1. The fraction of sp³-hybridized carbons (Fsp3) is 0.391. The van der Waals surface area contributed by atoms with Crippen LogP contribution < -0.4 is 20.1 Å². The van der Waals surface area contributed by atoms with Gasteiger partial charge in [-0.15, -0.1) is 0 Å². The summed E-state index contributed by atoms with van der Waals surface area (Å²) in [4.78, 5) is 28.0. The molecule has 1 heterocycles. The first-order chi connectivity index (χ1) is 15.1. The second kappa shape index (κ2) is 11.3. The average Bonchev–Trinajstić information content (AvgIpc) is 2.80. The normalized spacial score (nSPS) is 14.0. The molecule has 0 atom stereocenters. The van der Waals surface area contributed by atoms with Gasteiger partial charge in [0.1, 0.15) is 17.1 Å². The van der Waals surface area contributed by atoms with Gasteiger partial charge in [0.15, 0.2) is 0 Å². The molecule has 0 spiro atoms. The summed E-state index contributed by atoms with van der Waals surface area (Å²) >= 11 is 0. The van der Waals surface area contributed by atoms with Gasteiger partial charge in [0.2, 0.25) is 0 Å².